The van der Waals surface area contributed by atoms with Crippen LogP contribution in [0.15, 0.2) is 0 Å². The van der Waals surface area contributed by atoms with Crippen molar-refractivity contribution in [2.75, 3.05) is 0 Å². The summed E-state index contributed by atoms with van der Waals surface area (Å²) in [6.07, 6.45) is 0. The third-order valence-corrected chi connectivity index (χ3v) is 1.24. The maximum absolute atomic E-state index is 9.45. The zero-order valence-electron chi connectivity index (χ0n) is 3.09. The number of hydrogen-bond donors (Lipinski definition) is 2. The van der Waals surface area contributed by atoms with Gasteiger partial charge in [0.25, 0.3) is 0 Å². The van der Waals surface area contributed by atoms with Crippen molar-refractivity contribution in [2.45, 2.75) is 0 Å². The van der Waals surface area contributed by atoms with Crippen molar-refractivity contribution in [1.29, 1.82) is 0 Å². The molecule has 0 fully saturated rings. The minimum atomic E-state index is -4.18. The second-order valence-corrected chi connectivity index (χ2v) is 2.42. The van der Waals surface area contributed by atoms with Crippen LogP contribution in [0.1, 0.15) is 0 Å². The molecule has 0 heterocycles. The van der Waals surface area contributed by atoms with Crippen LogP contribution in [-0.2, 0) is 25.9 Å². The van der Waals surface area contributed by atoms with Crippen LogP contribution in [0.4, 0.5) is 0 Å². The standard InChI is InChI=1S/Fe.Li.H4O4P2.H/c;;1-6(2,3)4-5;/h;;5H2,(H2,1,2,3);. The molecule has 0 aliphatic carbocycles. The van der Waals surface area contributed by atoms with Gasteiger partial charge in [0.05, 0.1) is 0 Å². The van der Waals surface area contributed by atoms with E-state index in [2.05, 4.69) is 4.31 Å². The van der Waals surface area contributed by atoms with Gasteiger partial charge in [-0.3, -0.25) is 4.31 Å². The first-order valence-electron chi connectivity index (χ1n) is 1.00. The van der Waals surface area contributed by atoms with Gasteiger partial charge in [0.15, 0.2) is 0 Å². The molecule has 2 N–H and O–H groups in total. The average Bonchev–Trinajstić information content (AvgIpc) is 1.35. The van der Waals surface area contributed by atoms with Gasteiger partial charge in [-0.05, 0) is 0 Å². The van der Waals surface area contributed by atoms with Crippen LogP contribution in [-0.4, -0.2) is 28.6 Å². The van der Waals surface area contributed by atoms with E-state index in [0.717, 1.165) is 0 Å². The molecule has 8 heteroatoms. The van der Waals surface area contributed by atoms with E-state index in [9.17, 15) is 4.57 Å². The molecule has 0 amide bonds. The molecule has 1 atom stereocenters. The van der Waals surface area contributed by atoms with Crippen LogP contribution in [0.25, 0.3) is 0 Å². The molecule has 0 aliphatic heterocycles. The molecule has 48 valence electrons. The molecule has 0 aliphatic rings. The summed E-state index contributed by atoms with van der Waals surface area (Å²) < 4.78 is 13.0. The quantitative estimate of drug-likeness (QED) is 0.424. The summed E-state index contributed by atoms with van der Waals surface area (Å²) in [6, 6.07) is 0. The van der Waals surface area contributed by atoms with E-state index < -0.39 is 7.82 Å². The van der Waals surface area contributed by atoms with E-state index in [1.807, 2.05) is 0 Å². The van der Waals surface area contributed by atoms with E-state index in [4.69, 9.17) is 9.79 Å². The number of hydrogen-bond acceptors (Lipinski definition) is 2. The Bertz CT molecular complexity index is 78.1. The van der Waals surface area contributed by atoms with Gasteiger partial charge in [-0.25, -0.2) is 4.57 Å². The summed E-state index contributed by atoms with van der Waals surface area (Å²) in [4.78, 5) is 15.4. The molecule has 0 aromatic heterocycles. The first-order chi connectivity index (χ1) is 2.56. The molecule has 0 saturated heterocycles. The molecule has 8 heavy (non-hydrogen) atoms. The molecular weight excluding hydrogens is 189 g/mol. The van der Waals surface area contributed by atoms with Crippen molar-refractivity contribution in [2.24, 2.45) is 0 Å². The molecule has 0 spiro atoms. The van der Waals surface area contributed by atoms with E-state index in [-0.39, 0.29) is 35.9 Å². The van der Waals surface area contributed by atoms with Crippen LogP contribution in [0, 0.1) is 0 Å². The van der Waals surface area contributed by atoms with Gasteiger partial charge in [-0.15, -0.1) is 0 Å². The van der Waals surface area contributed by atoms with Gasteiger partial charge in [-0.1, -0.05) is 0 Å². The predicted octanol–water partition coefficient (Wildman–Crippen LogP) is -0.765. The van der Waals surface area contributed by atoms with Crippen LogP contribution in [0.3, 0.4) is 0 Å². The van der Waals surface area contributed by atoms with Crippen molar-refractivity contribution in [1.82, 2.24) is 0 Å². The van der Waals surface area contributed by atoms with Crippen LogP contribution < -0.4 is 0 Å². The Hall–Kier alpha value is 1.66. The predicted molar refractivity (Wildman–Crippen MR) is 30.0 cm³/mol. The number of phosphoric acid groups is 1. The van der Waals surface area contributed by atoms with E-state index in [0.29, 0.717) is 0 Å². The summed E-state index contributed by atoms with van der Waals surface area (Å²) in [5.74, 6) is 0. The minimum absolute atomic E-state index is 0. The Kier molecular flexibility index (Phi) is 13.8. The molecule has 0 aromatic rings. The van der Waals surface area contributed by atoms with Crippen LogP contribution in [0.5, 0.6) is 0 Å². The van der Waals surface area contributed by atoms with Gasteiger partial charge in [0.2, 0.25) is 0 Å². The fourth-order valence-electron chi connectivity index (χ4n) is 0. The Morgan fingerprint density at radius 3 is 1.62 bits per heavy atom. The van der Waals surface area contributed by atoms with Gasteiger partial charge in [0, 0.05) is 26.5 Å². The van der Waals surface area contributed by atoms with Crippen molar-refractivity contribution in [3.63, 3.8) is 0 Å². The molecule has 0 saturated carbocycles. The summed E-state index contributed by atoms with van der Waals surface area (Å²) in [5.41, 5.74) is 0. The normalized spacial score (nSPS) is 8.88. The monoisotopic (exact) mass is 194 g/mol. The first-order valence-corrected chi connectivity index (χ1v) is 3.00. The van der Waals surface area contributed by atoms with Crippen LogP contribution in [0.2, 0.25) is 0 Å². The Morgan fingerprint density at radius 1 is 1.50 bits per heavy atom. The van der Waals surface area contributed by atoms with E-state index in [1.165, 1.54) is 9.47 Å². The third kappa shape index (κ3) is 15.6. The van der Waals surface area contributed by atoms with Crippen molar-refractivity contribution >= 4 is 36.2 Å². The van der Waals surface area contributed by atoms with Gasteiger partial charge in [-0.2, -0.15) is 0 Å². The topological polar surface area (TPSA) is 66.8 Å². The van der Waals surface area contributed by atoms with Gasteiger partial charge < -0.3 is 9.79 Å². The first kappa shape index (κ1) is 16.3. The van der Waals surface area contributed by atoms with Gasteiger partial charge in [0.1, 0.15) is 0 Å². The summed E-state index contributed by atoms with van der Waals surface area (Å²) >= 11 is 0. The van der Waals surface area contributed by atoms with Crippen molar-refractivity contribution in [3.8, 4) is 0 Å². The zero-order valence-corrected chi connectivity index (χ0v) is 6.24. The molecule has 0 rings (SSSR count). The summed E-state index contributed by atoms with van der Waals surface area (Å²) in [7, 11) is -2.72. The Labute approximate surface area is 71.9 Å². The molecule has 4 nitrogen and oxygen atoms in total. The molecule has 0 bridgehead atoms. The number of rotatable bonds is 1. The Balaban J connectivity index is -0.000000125. The van der Waals surface area contributed by atoms with E-state index in [1.54, 1.807) is 0 Å². The second kappa shape index (κ2) is 6.77. The molecule has 0 aromatic carbocycles. The molecular formula is H5FeLiO4P2. The average molecular weight is 194 g/mol. The zero-order chi connectivity index (χ0) is 5.21. The maximum atomic E-state index is 9.45. The SMILES string of the molecule is O=P(O)(O)OP.[Fe].[LiH]. The summed E-state index contributed by atoms with van der Waals surface area (Å²) in [5, 5.41) is 0. The second-order valence-electron chi connectivity index (χ2n) is 0.596. The fourth-order valence-corrected chi connectivity index (χ4v) is 0. The van der Waals surface area contributed by atoms with Crippen molar-refractivity contribution in [3.05, 3.63) is 0 Å². The summed E-state index contributed by atoms with van der Waals surface area (Å²) in [6.45, 7) is 0. The van der Waals surface area contributed by atoms with Crippen LogP contribution >= 0.6 is 17.3 Å². The van der Waals surface area contributed by atoms with Gasteiger partial charge >= 0.3 is 26.7 Å². The fraction of sp³-hybridized carbons (Fsp3) is 0. The van der Waals surface area contributed by atoms with E-state index >= 15 is 0 Å². The molecule has 0 radical (unpaired) electrons. The van der Waals surface area contributed by atoms with Crippen molar-refractivity contribution < 1.29 is 35.7 Å². The Morgan fingerprint density at radius 2 is 1.62 bits per heavy atom. The third-order valence-electron chi connectivity index (χ3n) is 0.137. The molecule has 1 unspecified atom stereocenters.